The quantitative estimate of drug-likeness (QED) is 0.625. The second kappa shape index (κ2) is 6.79. The van der Waals surface area contributed by atoms with Crippen LogP contribution in [0.15, 0.2) is 18.2 Å². The van der Waals surface area contributed by atoms with E-state index in [1.54, 1.807) is 12.1 Å². The molecule has 0 saturated carbocycles. The SMILES string of the molecule is COC(=O)C(NC(=O)c1cc(N)cc(OC)c1)C(C)C. The van der Waals surface area contributed by atoms with Crippen molar-refractivity contribution in [2.45, 2.75) is 19.9 Å². The van der Waals surface area contributed by atoms with Crippen LogP contribution in [0, 0.1) is 5.92 Å². The molecule has 0 aromatic heterocycles. The van der Waals surface area contributed by atoms with Crippen molar-refractivity contribution in [1.29, 1.82) is 0 Å². The highest BCUT2D eigenvalue weighted by Gasteiger charge is 2.25. The second-order valence-electron chi connectivity index (χ2n) is 4.71. The molecule has 1 atom stereocenters. The Morgan fingerprint density at radius 3 is 2.35 bits per heavy atom. The zero-order chi connectivity index (χ0) is 15.3. The molecule has 0 bridgehead atoms. The number of anilines is 1. The van der Waals surface area contributed by atoms with E-state index in [4.69, 9.17) is 10.5 Å². The molecule has 1 unspecified atom stereocenters. The van der Waals surface area contributed by atoms with Crippen LogP contribution in [0.3, 0.4) is 0 Å². The predicted octanol–water partition coefficient (Wildman–Crippen LogP) is 1.20. The normalized spacial score (nSPS) is 11.8. The van der Waals surface area contributed by atoms with Crippen LogP contribution in [0.4, 0.5) is 5.69 Å². The lowest BCUT2D eigenvalue weighted by molar-refractivity contribution is -0.144. The number of benzene rings is 1. The Morgan fingerprint density at radius 1 is 1.20 bits per heavy atom. The molecule has 1 rings (SSSR count). The maximum atomic E-state index is 12.2. The fraction of sp³-hybridized carbons (Fsp3) is 0.429. The summed E-state index contributed by atoms with van der Waals surface area (Å²) < 4.78 is 9.73. The van der Waals surface area contributed by atoms with Crippen molar-refractivity contribution in [2.24, 2.45) is 5.92 Å². The molecule has 20 heavy (non-hydrogen) atoms. The van der Waals surface area contributed by atoms with Crippen molar-refractivity contribution in [3.63, 3.8) is 0 Å². The Labute approximate surface area is 118 Å². The van der Waals surface area contributed by atoms with Crippen molar-refractivity contribution in [2.75, 3.05) is 20.0 Å². The van der Waals surface area contributed by atoms with Crippen molar-refractivity contribution in [1.82, 2.24) is 5.32 Å². The van der Waals surface area contributed by atoms with Crippen LogP contribution in [-0.4, -0.2) is 32.1 Å². The number of esters is 1. The molecule has 0 aliphatic carbocycles. The summed E-state index contributed by atoms with van der Waals surface area (Å²) >= 11 is 0. The number of nitrogen functional groups attached to an aromatic ring is 1. The first-order valence-electron chi connectivity index (χ1n) is 6.22. The number of ether oxygens (including phenoxy) is 2. The standard InChI is InChI=1S/C14H20N2O4/c1-8(2)12(14(18)20-4)16-13(17)9-5-10(15)7-11(6-9)19-3/h5-8,12H,15H2,1-4H3,(H,16,17). The number of hydrogen-bond acceptors (Lipinski definition) is 5. The van der Waals surface area contributed by atoms with Gasteiger partial charge in [-0.25, -0.2) is 4.79 Å². The van der Waals surface area contributed by atoms with Crippen LogP contribution in [0.25, 0.3) is 0 Å². The first-order valence-corrected chi connectivity index (χ1v) is 6.22. The van der Waals surface area contributed by atoms with Gasteiger partial charge in [0.1, 0.15) is 11.8 Å². The van der Waals surface area contributed by atoms with Crippen molar-refractivity contribution < 1.29 is 19.1 Å². The van der Waals surface area contributed by atoms with Gasteiger partial charge in [0, 0.05) is 17.3 Å². The van der Waals surface area contributed by atoms with Crippen molar-refractivity contribution >= 4 is 17.6 Å². The average Bonchev–Trinajstić information content (AvgIpc) is 2.42. The number of rotatable bonds is 5. The number of amides is 1. The van der Waals surface area contributed by atoms with Gasteiger partial charge in [-0.1, -0.05) is 13.8 Å². The molecule has 0 aliphatic heterocycles. The van der Waals surface area contributed by atoms with Gasteiger partial charge in [0.25, 0.3) is 5.91 Å². The minimum Gasteiger partial charge on any atom is -0.497 e. The zero-order valence-corrected chi connectivity index (χ0v) is 12.1. The third-order valence-corrected chi connectivity index (χ3v) is 2.84. The van der Waals surface area contributed by atoms with Gasteiger partial charge in [0.2, 0.25) is 0 Å². The number of nitrogens with one attached hydrogen (secondary N) is 1. The van der Waals surface area contributed by atoms with E-state index in [2.05, 4.69) is 10.1 Å². The van der Waals surface area contributed by atoms with E-state index in [0.717, 1.165) is 0 Å². The smallest absolute Gasteiger partial charge is 0.328 e. The molecule has 0 aliphatic rings. The van der Waals surface area contributed by atoms with Crippen LogP contribution >= 0.6 is 0 Å². The molecule has 0 saturated heterocycles. The van der Waals surface area contributed by atoms with Gasteiger partial charge in [0.15, 0.2) is 0 Å². The van der Waals surface area contributed by atoms with Gasteiger partial charge < -0.3 is 20.5 Å². The summed E-state index contributed by atoms with van der Waals surface area (Å²) in [6, 6.07) is 3.98. The Morgan fingerprint density at radius 2 is 1.85 bits per heavy atom. The Kier molecular flexibility index (Phi) is 5.37. The largest absolute Gasteiger partial charge is 0.497 e. The topological polar surface area (TPSA) is 90.7 Å². The first kappa shape index (κ1) is 15.8. The summed E-state index contributed by atoms with van der Waals surface area (Å²) in [5, 5.41) is 2.64. The summed E-state index contributed by atoms with van der Waals surface area (Å²) in [6.07, 6.45) is 0. The number of carbonyl (C=O) groups excluding carboxylic acids is 2. The lowest BCUT2D eigenvalue weighted by Gasteiger charge is -2.20. The summed E-state index contributed by atoms with van der Waals surface area (Å²) in [6.45, 7) is 3.64. The van der Waals surface area contributed by atoms with E-state index in [9.17, 15) is 9.59 Å². The molecule has 1 aromatic rings. The third kappa shape index (κ3) is 3.88. The maximum absolute atomic E-state index is 12.2. The third-order valence-electron chi connectivity index (χ3n) is 2.84. The number of nitrogens with two attached hydrogens (primary N) is 1. The van der Waals surface area contributed by atoms with Crippen LogP contribution in [0.1, 0.15) is 24.2 Å². The summed E-state index contributed by atoms with van der Waals surface area (Å²) in [7, 11) is 2.77. The van der Waals surface area contributed by atoms with Gasteiger partial charge in [-0.15, -0.1) is 0 Å². The van der Waals surface area contributed by atoms with Crippen LogP contribution < -0.4 is 15.8 Å². The fourth-order valence-corrected chi connectivity index (χ4v) is 1.72. The first-order chi connectivity index (χ1) is 9.38. The molecular formula is C14H20N2O4. The molecule has 6 nitrogen and oxygen atoms in total. The Bertz CT molecular complexity index is 500. The van der Waals surface area contributed by atoms with E-state index in [-0.39, 0.29) is 5.92 Å². The lowest BCUT2D eigenvalue weighted by Crippen LogP contribution is -2.45. The highest BCUT2D eigenvalue weighted by molar-refractivity contribution is 5.97. The zero-order valence-electron chi connectivity index (χ0n) is 12.1. The van der Waals surface area contributed by atoms with E-state index in [0.29, 0.717) is 17.0 Å². The molecule has 0 spiro atoms. The Hall–Kier alpha value is -2.24. The number of methoxy groups -OCH3 is 2. The molecular weight excluding hydrogens is 260 g/mol. The summed E-state index contributed by atoms with van der Waals surface area (Å²) in [5.74, 6) is -0.493. The molecule has 0 fully saturated rings. The molecule has 6 heteroatoms. The van der Waals surface area contributed by atoms with Crippen LogP contribution in [-0.2, 0) is 9.53 Å². The molecule has 0 heterocycles. The predicted molar refractivity (Wildman–Crippen MR) is 75.5 cm³/mol. The monoisotopic (exact) mass is 280 g/mol. The molecule has 3 N–H and O–H groups in total. The van der Waals surface area contributed by atoms with Crippen molar-refractivity contribution in [3.8, 4) is 5.75 Å². The van der Waals surface area contributed by atoms with Gasteiger partial charge in [-0.3, -0.25) is 4.79 Å². The highest BCUT2D eigenvalue weighted by Crippen LogP contribution is 2.18. The lowest BCUT2D eigenvalue weighted by atomic mass is 10.0. The summed E-state index contributed by atoms with van der Waals surface area (Å²) in [4.78, 5) is 23.8. The molecule has 1 amide bonds. The summed E-state index contributed by atoms with van der Waals surface area (Å²) in [5.41, 5.74) is 6.44. The minimum atomic E-state index is -0.708. The van der Waals surface area contributed by atoms with E-state index >= 15 is 0 Å². The minimum absolute atomic E-state index is 0.0886. The number of hydrogen-bond donors (Lipinski definition) is 2. The van der Waals surface area contributed by atoms with Gasteiger partial charge in [-0.2, -0.15) is 0 Å². The van der Waals surface area contributed by atoms with Gasteiger partial charge >= 0.3 is 5.97 Å². The van der Waals surface area contributed by atoms with Gasteiger partial charge in [-0.05, 0) is 18.1 Å². The van der Waals surface area contributed by atoms with E-state index < -0.39 is 17.9 Å². The number of carbonyl (C=O) groups is 2. The molecule has 1 aromatic carbocycles. The fourth-order valence-electron chi connectivity index (χ4n) is 1.72. The van der Waals surface area contributed by atoms with E-state index in [1.165, 1.54) is 20.3 Å². The molecule has 0 radical (unpaired) electrons. The van der Waals surface area contributed by atoms with E-state index in [1.807, 2.05) is 13.8 Å². The Balaban J connectivity index is 2.94. The molecule has 110 valence electrons. The van der Waals surface area contributed by atoms with Crippen LogP contribution in [0.5, 0.6) is 5.75 Å². The highest BCUT2D eigenvalue weighted by atomic mass is 16.5. The second-order valence-corrected chi connectivity index (χ2v) is 4.71. The van der Waals surface area contributed by atoms with Crippen LogP contribution in [0.2, 0.25) is 0 Å². The maximum Gasteiger partial charge on any atom is 0.328 e. The average molecular weight is 280 g/mol. The van der Waals surface area contributed by atoms with Crippen molar-refractivity contribution in [3.05, 3.63) is 23.8 Å². The van der Waals surface area contributed by atoms with Gasteiger partial charge in [0.05, 0.1) is 14.2 Å².